The van der Waals surface area contributed by atoms with E-state index in [2.05, 4.69) is 47.6 Å². The summed E-state index contributed by atoms with van der Waals surface area (Å²) >= 11 is 0. The summed E-state index contributed by atoms with van der Waals surface area (Å²) in [5, 5.41) is 3.36. The van der Waals surface area contributed by atoms with Gasteiger partial charge in [-0.25, -0.2) is 0 Å². The molecule has 1 aromatic carbocycles. The minimum absolute atomic E-state index is 0.124. The number of nitrogens with zero attached hydrogens (tertiary/aromatic N) is 1. The Labute approximate surface area is 121 Å². The van der Waals surface area contributed by atoms with Crippen LogP contribution in [0.25, 0.3) is 0 Å². The third-order valence-corrected chi connectivity index (χ3v) is 3.23. The molecule has 1 heterocycles. The van der Waals surface area contributed by atoms with Crippen LogP contribution in [0.2, 0.25) is 0 Å². The molecule has 0 fully saturated rings. The van der Waals surface area contributed by atoms with E-state index < -0.39 is 0 Å². The zero-order valence-electron chi connectivity index (χ0n) is 12.6. The van der Waals surface area contributed by atoms with E-state index in [1.165, 1.54) is 11.1 Å². The summed E-state index contributed by atoms with van der Waals surface area (Å²) in [5.74, 6) is 0.811. The molecular weight excluding hydrogens is 248 g/mol. The molecule has 0 radical (unpaired) electrons. The van der Waals surface area contributed by atoms with Crippen molar-refractivity contribution >= 4 is 0 Å². The zero-order chi connectivity index (χ0) is 14.5. The van der Waals surface area contributed by atoms with Crippen LogP contribution in [0, 0.1) is 6.92 Å². The van der Waals surface area contributed by atoms with Crippen molar-refractivity contribution in [2.75, 3.05) is 7.05 Å². The highest BCUT2D eigenvalue weighted by atomic mass is 16.5. The fourth-order valence-corrected chi connectivity index (χ4v) is 2.34. The molecule has 1 N–H and O–H groups in total. The molecule has 0 amide bonds. The average molecular weight is 270 g/mol. The highest BCUT2D eigenvalue weighted by Crippen LogP contribution is 2.26. The van der Waals surface area contributed by atoms with Crippen molar-refractivity contribution < 1.29 is 4.74 Å². The summed E-state index contributed by atoms with van der Waals surface area (Å²) in [6, 6.07) is 10.6. The van der Waals surface area contributed by atoms with E-state index in [0.717, 1.165) is 11.3 Å². The van der Waals surface area contributed by atoms with Crippen LogP contribution in [0.3, 0.4) is 0 Å². The van der Waals surface area contributed by atoms with Gasteiger partial charge in [0.05, 0.1) is 18.3 Å². The molecule has 1 atom stereocenters. The molecule has 1 unspecified atom stereocenters. The van der Waals surface area contributed by atoms with Crippen molar-refractivity contribution in [2.45, 2.75) is 32.9 Å². The summed E-state index contributed by atoms with van der Waals surface area (Å²) in [7, 11) is 1.97. The van der Waals surface area contributed by atoms with Crippen LogP contribution in [0.4, 0.5) is 0 Å². The number of hydrogen-bond acceptors (Lipinski definition) is 3. The maximum Gasteiger partial charge on any atom is 0.138 e. The van der Waals surface area contributed by atoms with Gasteiger partial charge in [0.15, 0.2) is 0 Å². The Balaban J connectivity index is 2.35. The van der Waals surface area contributed by atoms with Crippen molar-refractivity contribution in [3.63, 3.8) is 0 Å². The van der Waals surface area contributed by atoms with E-state index in [0.29, 0.717) is 0 Å². The van der Waals surface area contributed by atoms with Crippen molar-refractivity contribution in [2.24, 2.45) is 0 Å². The Morgan fingerprint density at radius 2 is 1.90 bits per heavy atom. The van der Waals surface area contributed by atoms with Crippen LogP contribution in [-0.4, -0.2) is 18.1 Å². The summed E-state index contributed by atoms with van der Waals surface area (Å²) in [6.45, 7) is 6.16. The lowest BCUT2D eigenvalue weighted by molar-refractivity contribution is 0.241. The lowest BCUT2D eigenvalue weighted by Gasteiger charge is -2.20. The van der Waals surface area contributed by atoms with Crippen molar-refractivity contribution in [1.29, 1.82) is 0 Å². The number of pyridine rings is 1. The molecule has 106 valence electrons. The number of aryl methyl sites for hydroxylation is 1. The van der Waals surface area contributed by atoms with E-state index in [1.54, 1.807) is 6.20 Å². The molecular formula is C17H22N2O. The van der Waals surface area contributed by atoms with E-state index in [1.807, 2.05) is 27.1 Å². The molecule has 0 aliphatic rings. The fourth-order valence-electron chi connectivity index (χ4n) is 2.34. The largest absolute Gasteiger partial charge is 0.489 e. The first kappa shape index (κ1) is 14.5. The second-order valence-electron chi connectivity index (χ2n) is 5.20. The first-order valence-corrected chi connectivity index (χ1v) is 6.96. The second-order valence-corrected chi connectivity index (χ2v) is 5.20. The lowest BCUT2D eigenvalue weighted by Crippen LogP contribution is -2.19. The molecule has 0 saturated carbocycles. The predicted molar refractivity (Wildman–Crippen MR) is 82.1 cm³/mol. The van der Waals surface area contributed by atoms with Crippen LogP contribution in [0.15, 0.2) is 42.7 Å². The van der Waals surface area contributed by atoms with Gasteiger partial charge >= 0.3 is 0 Å². The predicted octanol–water partition coefficient (Wildman–Crippen LogP) is 3.49. The summed E-state index contributed by atoms with van der Waals surface area (Å²) in [6.07, 6.45) is 3.80. The number of rotatable bonds is 5. The number of ether oxygens (including phenoxy) is 1. The normalized spacial score (nSPS) is 12.4. The van der Waals surface area contributed by atoms with Crippen molar-refractivity contribution in [1.82, 2.24) is 10.3 Å². The fraction of sp³-hybridized carbons (Fsp3) is 0.353. The number of nitrogens with one attached hydrogen (secondary N) is 1. The Bertz CT molecular complexity index is 566. The van der Waals surface area contributed by atoms with E-state index in [-0.39, 0.29) is 12.1 Å². The maximum atomic E-state index is 5.73. The Morgan fingerprint density at radius 1 is 1.15 bits per heavy atom. The first-order valence-electron chi connectivity index (χ1n) is 6.96. The highest BCUT2D eigenvalue weighted by Gasteiger charge is 2.15. The Kier molecular flexibility index (Phi) is 4.74. The monoisotopic (exact) mass is 270 g/mol. The molecule has 1 aromatic heterocycles. The summed E-state index contributed by atoms with van der Waals surface area (Å²) in [4.78, 5) is 4.30. The van der Waals surface area contributed by atoms with Crippen molar-refractivity contribution in [3.05, 3.63) is 59.4 Å². The van der Waals surface area contributed by atoms with E-state index in [9.17, 15) is 0 Å². The minimum atomic E-state index is 0.124. The molecule has 20 heavy (non-hydrogen) atoms. The standard InChI is InChI=1S/C17H22N2O/c1-12(2)20-15-9-14(10-19-11-15)17(18-4)16-8-6-5-7-13(16)3/h5-12,17-18H,1-4H3. The van der Waals surface area contributed by atoms with Gasteiger partial charge in [-0.15, -0.1) is 0 Å². The molecule has 0 bridgehead atoms. The van der Waals surface area contributed by atoms with Gasteiger partial charge in [-0.2, -0.15) is 0 Å². The first-order chi connectivity index (χ1) is 9.61. The second kappa shape index (κ2) is 6.53. The Hall–Kier alpha value is -1.87. The van der Waals surface area contributed by atoms with Gasteiger partial charge in [-0.1, -0.05) is 24.3 Å². The third-order valence-electron chi connectivity index (χ3n) is 3.23. The topological polar surface area (TPSA) is 34.2 Å². The zero-order valence-corrected chi connectivity index (χ0v) is 12.6. The quantitative estimate of drug-likeness (QED) is 0.903. The van der Waals surface area contributed by atoms with Crippen LogP contribution in [0.5, 0.6) is 5.75 Å². The van der Waals surface area contributed by atoms with Gasteiger partial charge in [0.25, 0.3) is 0 Å². The number of hydrogen-bond donors (Lipinski definition) is 1. The summed E-state index contributed by atoms with van der Waals surface area (Å²) < 4.78 is 5.73. The molecule has 0 saturated heterocycles. The smallest absolute Gasteiger partial charge is 0.138 e. The van der Waals surface area contributed by atoms with Gasteiger partial charge < -0.3 is 10.1 Å². The van der Waals surface area contributed by atoms with Crippen LogP contribution >= 0.6 is 0 Å². The molecule has 2 rings (SSSR count). The van der Waals surface area contributed by atoms with Crippen molar-refractivity contribution in [3.8, 4) is 5.75 Å². The highest BCUT2D eigenvalue weighted by molar-refractivity contribution is 5.38. The van der Waals surface area contributed by atoms with E-state index >= 15 is 0 Å². The summed E-state index contributed by atoms with van der Waals surface area (Å²) in [5.41, 5.74) is 3.64. The third kappa shape index (κ3) is 3.36. The number of aromatic nitrogens is 1. The molecule has 0 aliphatic heterocycles. The van der Waals surface area contributed by atoms with Gasteiger partial charge in [0.1, 0.15) is 5.75 Å². The lowest BCUT2D eigenvalue weighted by atomic mass is 9.96. The van der Waals surface area contributed by atoms with Gasteiger partial charge in [0, 0.05) is 6.20 Å². The average Bonchev–Trinajstić information content (AvgIpc) is 2.41. The van der Waals surface area contributed by atoms with E-state index in [4.69, 9.17) is 4.74 Å². The minimum Gasteiger partial charge on any atom is -0.489 e. The molecule has 3 nitrogen and oxygen atoms in total. The molecule has 0 aliphatic carbocycles. The SMILES string of the molecule is CNC(c1cncc(OC(C)C)c1)c1ccccc1C. The van der Waals surface area contributed by atoms with Crippen LogP contribution in [-0.2, 0) is 0 Å². The molecule has 0 spiro atoms. The van der Waals surface area contributed by atoms with Crippen LogP contribution in [0.1, 0.15) is 36.6 Å². The van der Waals surface area contributed by atoms with Crippen LogP contribution < -0.4 is 10.1 Å². The van der Waals surface area contributed by atoms with Gasteiger partial charge in [-0.3, -0.25) is 4.98 Å². The van der Waals surface area contributed by atoms with Gasteiger partial charge in [-0.05, 0) is 50.6 Å². The molecule has 2 aromatic rings. The maximum absolute atomic E-state index is 5.73. The van der Waals surface area contributed by atoms with Gasteiger partial charge in [0.2, 0.25) is 0 Å². The Morgan fingerprint density at radius 3 is 2.55 bits per heavy atom. The number of benzene rings is 1. The molecule has 3 heteroatoms.